The Kier molecular flexibility index (Phi) is 4.67. The van der Waals surface area contributed by atoms with Crippen LogP contribution in [-0.2, 0) is 9.59 Å². The minimum atomic E-state index is -0.833. The molecule has 8 nitrogen and oxygen atoms in total. The Labute approximate surface area is 182 Å². The topological polar surface area (TPSA) is 101 Å². The lowest BCUT2D eigenvalue weighted by atomic mass is 9.85. The highest BCUT2D eigenvalue weighted by atomic mass is 19.1. The fraction of sp³-hybridized carbons (Fsp3) is 0.348. The molecule has 164 valence electrons. The molecule has 0 radical (unpaired) electrons. The van der Waals surface area contributed by atoms with E-state index in [1.807, 2.05) is 4.90 Å². The summed E-state index contributed by atoms with van der Waals surface area (Å²) in [6, 6.07) is 8.20. The van der Waals surface area contributed by atoms with Gasteiger partial charge >= 0.3 is 0 Å². The number of carbonyl (C=O) groups is 3. The Morgan fingerprint density at radius 1 is 1.09 bits per heavy atom. The molecule has 3 heterocycles. The Hall–Kier alpha value is -3.46. The third kappa shape index (κ3) is 2.88. The fourth-order valence-electron chi connectivity index (χ4n) is 5.54. The molecule has 2 aromatic carbocycles. The van der Waals surface area contributed by atoms with Crippen LogP contribution < -0.4 is 4.90 Å². The van der Waals surface area contributed by atoms with Crippen LogP contribution in [0, 0.1) is 34.7 Å². The maximum Gasteiger partial charge on any atom is 0.269 e. The van der Waals surface area contributed by atoms with Gasteiger partial charge in [0.05, 0.1) is 28.5 Å². The predicted octanol–water partition coefficient (Wildman–Crippen LogP) is 2.88. The Morgan fingerprint density at radius 3 is 2.44 bits per heavy atom. The van der Waals surface area contributed by atoms with E-state index >= 15 is 0 Å². The van der Waals surface area contributed by atoms with Gasteiger partial charge in [0.15, 0.2) is 5.78 Å². The number of fused-ring (bicyclic) bond motifs is 3. The summed E-state index contributed by atoms with van der Waals surface area (Å²) in [7, 11) is 0. The molecular formula is C23H20FN3O5. The van der Waals surface area contributed by atoms with Gasteiger partial charge in [-0.15, -0.1) is 0 Å². The van der Waals surface area contributed by atoms with Crippen LogP contribution >= 0.6 is 0 Å². The summed E-state index contributed by atoms with van der Waals surface area (Å²) in [5.41, 5.74) is 0.910. The van der Waals surface area contributed by atoms with Crippen molar-refractivity contribution in [2.24, 2.45) is 11.8 Å². The second-order valence-electron chi connectivity index (χ2n) is 8.55. The minimum absolute atomic E-state index is 0.128. The van der Waals surface area contributed by atoms with Crippen molar-refractivity contribution >= 4 is 29.0 Å². The maximum atomic E-state index is 13.5. The number of nitro groups is 1. The van der Waals surface area contributed by atoms with Crippen LogP contribution in [0.5, 0.6) is 0 Å². The molecule has 32 heavy (non-hydrogen) atoms. The van der Waals surface area contributed by atoms with Gasteiger partial charge in [-0.05, 0) is 62.2 Å². The molecule has 5 rings (SSSR count). The third-order valence-electron chi connectivity index (χ3n) is 6.88. The number of non-ortho nitro benzene ring substituents is 1. The summed E-state index contributed by atoms with van der Waals surface area (Å²) in [6.45, 7) is 2.23. The average Bonchev–Trinajstić information content (AvgIpc) is 3.40. The molecule has 0 unspecified atom stereocenters. The van der Waals surface area contributed by atoms with Crippen molar-refractivity contribution in [3.8, 4) is 0 Å². The van der Waals surface area contributed by atoms with E-state index in [1.54, 1.807) is 6.92 Å². The van der Waals surface area contributed by atoms with Gasteiger partial charge in [0.1, 0.15) is 5.82 Å². The molecule has 2 amide bonds. The Morgan fingerprint density at radius 2 is 1.78 bits per heavy atom. The minimum Gasteiger partial charge on any atom is -0.292 e. The highest BCUT2D eigenvalue weighted by Crippen LogP contribution is 2.49. The smallest absolute Gasteiger partial charge is 0.269 e. The summed E-state index contributed by atoms with van der Waals surface area (Å²) in [6.07, 6.45) is 1.53. The van der Waals surface area contributed by atoms with Gasteiger partial charge in [-0.25, -0.2) is 9.29 Å². The number of benzene rings is 2. The number of aryl methyl sites for hydroxylation is 1. The first-order valence-electron chi connectivity index (χ1n) is 10.5. The van der Waals surface area contributed by atoms with Crippen molar-refractivity contribution in [2.45, 2.75) is 31.8 Å². The average molecular weight is 437 g/mol. The van der Waals surface area contributed by atoms with E-state index in [2.05, 4.69) is 0 Å². The van der Waals surface area contributed by atoms with Gasteiger partial charge in [-0.1, -0.05) is 0 Å². The van der Waals surface area contributed by atoms with Gasteiger partial charge in [0, 0.05) is 23.7 Å². The Balaban J connectivity index is 1.54. The number of amides is 2. The molecule has 2 aromatic rings. The van der Waals surface area contributed by atoms with Crippen molar-refractivity contribution in [3.63, 3.8) is 0 Å². The molecule has 3 aliphatic rings. The molecule has 0 aromatic heterocycles. The van der Waals surface area contributed by atoms with Crippen LogP contribution in [0.15, 0.2) is 42.5 Å². The van der Waals surface area contributed by atoms with E-state index in [0.717, 1.165) is 11.3 Å². The van der Waals surface area contributed by atoms with E-state index in [1.165, 1.54) is 42.5 Å². The van der Waals surface area contributed by atoms with E-state index in [4.69, 9.17) is 0 Å². The predicted molar refractivity (Wildman–Crippen MR) is 112 cm³/mol. The number of anilines is 1. The molecule has 3 saturated heterocycles. The highest BCUT2D eigenvalue weighted by molar-refractivity contribution is 6.24. The molecule has 0 spiro atoms. The standard InChI is InChI=1S/C23H20FN3O5/c1-12-11-15(27(31)32)8-9-16(12)26-22(29)18-17-3-2-10-25(17)20(19(18)23(26)30)21(28)13-4-6-14(24)7-5-13/h4-9,11,17-20H,2-3,10H2,1H3/t17-,18-,19-,20+/m1/s1. The maximum absolute atomic E-state index is 13.5. The van der Waals surface area contributed by atoms with Gasteiger partial charge in [-0.3, -0.25) is 29.4 Å². The van der Waals surface area contributed by atoms with Crippen molar-refractivity contribution < 1.29 is 23.7 Å². The van der Waals surface area contributed by atoms with Gasteiger partial charge in [-0.2, -0.15) is 0 Å². The molecule has 4 atom stereocenters. The number of hydrogen-bond donors (Lipinski definition) is 0. The normalized spacial score (nSPS) is 27.0. The molecule has 3 aliphatic heterocycles. The van der Waals surface area contributed by atoms with Crippen molar-refractivity contribution in [1.29, 1.82) is 0 Å². The summed E-state index contributed by atoms with van der Waals surface area (Å²) in [5, 5.41) is 11.1. The van der Waals surface area contributed by atoms with Gasteiger partial charge in [0.2, 0.25) is 11.8 Å². The first-order valence-corrected chi connectivity index (χ1v) is 10.5. The summed E-state index contributed by atoms with van der Waals surface area (Å²) >= 11 is 0. The second kappa shape index (κ2) is 7.30. The van der Waals surface area contributed by atoms with Crippen LogP contribution in [0.2, 0.25) is 0 Å². The number of ketones is 1. The zero-order valence-electron chi connectivity index (χ0n) is 17.2. The number of nitrogens with zero attached hydrogens (tertiary/aromatic N) is 3. The number of nitro benzene ring substituents is 1. The number of imide groups is 1. The number of halogens is 1. The first-order chi connectivity index (χ1) is 15.3. The quantitative estimate of drug-likeness (QED) is 0.316. The van der Waals surface area contributed by atoms with Crippen molar-refractivity contribution in [1.82, 2.24) is 4.90 Å². The monoisotopic (exact) mass is 437 g/mol. The van der Waals surface area contributed by atoms with E-state index < -0.39 is 34.5 Å². The zero-order valence-corrected chi connectivity index (χ0v) is 17.2. The van der Waals surface area contributed by atoms with Gasteiger partial charge in [0.25, 0.3) is 5.69 Å². The molecule has 0 saturated carbocycles. The van der Waals surface area contributed by atoms with Crippen LogP contribution in [0.3, 0.4) is 0 Å². The van der Waals surface area contributed by atoms with Crippen LogP contribution in [-0.4, -0.2) is 46.0 Å². The molecule has 9 heteroatoms. The number of hydrogen-bond acceptors (Lipinski definition) is 6. The number of carbonyl (C=O) groups excluding carboxylic acids is 3. The molecule has 0 aliphatic carbocycles. The SMILES string of the molecule is Cc1cc([N+](=O)[O-])ccc1N1C(=O)[C@@H]2[C@H](C1=O)[C@H]1CCCN1[C@@H]2C(=O)c1ccc(F)cc1. The van der Waals surface area contributed by atoms with E-state index in [-0.39, 0.29) is 23.4 Å². The Bertz CT molecular complexity index is 1160. The van der Waals surface area contributed by atoms with E-state index in [0.29, 0.717) is 29.8 Å². The van der Waals surface area contributed by atoms with E-state index in [9.17, 15) is 28.9 Å². The highest BCUT2D eigenvalue weighted by Gasteiger charge is 2.64. The summed E-state index contributed by atoms with van der Waals surface area (Å²) in [4.78, 5) is 54.0. The van der Waals surface area contributed by atoms with Crippen LogP contribution in [0.1, 0.15) is 28.8 Å². The first kappa shape index (κ1) is 20.4. The lowest BCUT2D eigenvalue weighted by molar-refractivity contribution is -0.384. The lowest BCUT2D eigenvalue weighted by Gasteiger charge is -2.28. The van der Waals surface area contributed by atoms with Crippen LogP contribution in [0.4, 0.5) is 15.8 Å². The van der Waals surface area contributed by atoms with Crippen LogP contribution in [0.25, 0.3) is 0 Å². The molecule has 0 bridgehead atoms. The lowest BCUT2D eigenvalue weighted by Crippen LogP contribution is -2.46. The second-order valence-corrected chi connectivity index (χ2v) is 8.55. The molecule has 3 fully saturated rings. The molecular weight excluding hydrogens is 417 g/mol. The van der Waals surface area contributed by atoms with Crippen molar-refractivity contribution in [2.75, 3.05) is 11.4 Å². The van der Waals surface area contributed by atoms with Gasteiger partial charge < -0.3 is 0 Å². The third-order valence-corrected chi connectivity index (χ3v) is 6.88. The van der Waals surface area contributed by atoms with Crippen molar-refractivity contribution in [3.05, 3.63) is 69.5 Å². The summed E-state index contributed by atoms with van der Waals surface area (Å²) in [5.74, 6) is -3.08. The fourth-order valence-corrected chi connectivity index (χ4v) is 5.54. The molecule has 0 N–H and O–H groups in total. The largest absolute Gasteiger partial charge is 0.292 e. The number of Topliss-reactive ketones (excluding diaryl/α,β-unsaturated/α-hetero) is 1. The summed E-state index contributed by atoms with van der Waals surface area (Å²) < 4.78 is 13.4. The zero-order chi connectivity index (χ0) is 22.7. The number of rotatable bonds is 4.